The minimum absolute atomic E-state index is 0.0422. The van der Waals surface area contributed by atoms with Crippen LogP contribution in [0.15, 0.2) is 23.2 Å². The number of aromatic nitrogens is 1. The average Bonchev–Trinajstić information content (AvgIpc) is 2.48. The van der Waals surface area contributed by atoms with E-state index in [-0.39, 0.29) is 17.0 Å². The highest BCUT2D eigenvalue weighted by molar-refractivity contribution is 7.89. The van der Waals surface area contributed by atoms with E-state index in [9.17, 15) is 8.42 Å². The van der Waals surface area contributed by atoms with Crippen LogP contribution in [0.3, 0.4) is 0 Å². The number of pyridine rings is 1. The van der Waals surface area contributed by atoms with Gasteiger partial charge in [-0.05, 0) is 30.9 Å². The molecule has 1 aliphatic heterocycles. The highest BCUT2D eigenvalue weighted by Crippen LogP contribution is 2.27. The molecule has 3 N–H and O–H groups in total. The summed E-state index contributed by atoms with van der Waals surface area (Å²) in [5.74, 6) is 0.867. The molecule has 1 aromatic rings. The lowest BCUT2D eigenvalue weighted by Gasteiger charge is -2.34. The van der Waals surface area contributed by atoms with Gasteiger partial charge in [0.1, 0.15) is 10.7 Å². The van der Waals surface area contributed by atoms with Crippen LogP contribution in [0.1, 0.15) is 39.5 Å². The largest absolute Gasteiger partial charge is 0.378 e. The van der Waals surface area contributed by atoms with Gasteiger partial charge in [-0.3, -0.25) is 0 Å². The van der Waals surface area contributed by atoms with Crippen molar-refractivity contribution in [2.45, 2.75) is 56.6 Å². The summed E-state index contributed by atoms with van der Waals surface area (Å²) >= 11 is 0. The zero-order valence-corrected chi connectivity index (χ0v) is 14.0. The summed E-state index contributed by atoms with van der Waals surface area (Å²) in [5, 5.41) is 8.49. The second-order valence-electron chi connectivity index (χ2n) is 5.75. The van der Waals surface area contributed by atoms with E-state index >= 15 is 0 Å². The molecular weight excluding hydrogens is 302 g/mol. The van der Waals surface area contributed by atoms with Gasteiger partial charge in [0.05, 0.1) is 6.10 Å². The number of nitrogens with zero attached hydrogens (tertiary/aromatic N) is 1. The van der Waals surface area contributed by atoms with E-state index in [0.717, 1.165) is 25.7 Å². The van der Waals surface area contributed by atoms with Crippen LogP contribution in [0, 0.1) is 5.92 Å². The fraction of sp³-hybridized carbons (Fsp3) is 0.667. The summed E-state index contributed by atoms with van der Waals surface area (Å²) in [6.45, 7) is 5.02. The highest BCUT2D eigenvalue weighted by Gasteiger charge is 2.28. The van der Waals surface area contributed by atoms with Crippen LogP contribution in [0.2, 0.25) is 0 Å². The molecule has 124 valence electrons. The molecule has 2 unspecified atom stereocenters. The summed E-state index contributed by atoms with van der Waals surface area (Å²) in [7, 11) is -3.78. The van der Waals surface area contributed by atoms with Crippen LogP contribution in [-0.2, 0) is 14.8 Å². The Balaban J connectivity index is 2.11. The van der Waals surface area contributed by atoms with Crippen LogP contribution >= 0.6 is 0 Å². The van der Waals surface area contributed by atoms with Crippen LogP contribution in [0.4, 0.5) is 5.82 Å². The first-order chi connectivity index (χ1) is 10.5. The Morgan fingerprint density at radius 3 is 2.82 bits per heavy atom. The van der Waals surface area contributed by atoms with Gasteiger partial charge in [0, 0.05) is 18.8 Å². The van der Waals surface area contributed by atoms with Crippen molar-refractivity contribution in [2.75, 3.05) is 11.9 Å². The van der Waals surface area contributed by atoms with Crippen molar-refractivity contribution >= 4 is 15.8 Å². The van der Waals surface area contributed by atoms with Crippen molar-refractivity contribution in [1.82, 2.24) is 4.98 Å². The maximum atomic E-state index is 11.6. The molecule has 1 saturated heterocycles. The third-order valence-corrected chi connectivity index (χ3v) is 5.25. The average molecular weight is 327 g/mol. The highest BCUT2D eigenvalue weighted by atomic mass is 32.2. The molecule has 0 aliphatic carbocycles. The number of rotatable bonds is 6. The Morgan fingerprint density at radius 1 is 1.45 bits per heavy atom. The van der Waals surface area contributed by atoms with Gasteiger partial charge in [-0.15, -0.1) is 0 Å². The normalized spacial score (nSPS) is 22.7. The molecule has 2 rings (SSSR count). The minimum Gasteiger partial charge on any atom is -0.378 e. The Bertz CT molecular complexity index is 587. The van der Waals surface area contributed by atoms with E-state index in [4.69, 9.17) is 9.88 Å². The third-order valence-electron chi connectivity index (χ3n) is 4.31. The molecule has 1 aliphatic rings. The molecule has 1 aromatic heterocycles. The van der Waals surface area contributed by atoms with Gasteiger partial charge in [0.15, 0.2) is 0 Å². The SMILES string of the molecule is CCC(CC)C1CC(Nc2ncccc2S(N)(=O)=O)CCO1. The smallest absolute Gasteiger partial charge is 0.241 e. The predicted octanol–water partition coefficient (Wildman–Crippen LogP) is 2.12. The van der Waals surface area contributed by atoms with Gasteiger partial charge in [-0.2, -0.15) is 0 Å². The molecule has 2 heterocycles. The number of primary sulfonamides is 1. The van der Waals surface area contributed by atoms with E-state index in [1.54, 1.807) is 12.3 Å². The Kier molecular flexibility index (Phi) is 5.77. The first-order valence-corrected chi connectivity index (χ1v) is 9.36. The number of hydrogen-bond donors (Lipinski definition) is 2. The second-order valence-corrected chi connectivity index (χ2v) is 7.28. The quantitative estimate of drug-likeness (QED) is 0.834. The molecular formula is C15H25N3O3S. The molecule has 0 spiro atoms. The van der Waals surface area contributed by atoms with Crippen molar-refractivity contribution < 1.29 is 13.2 Å². The topological polar surface area (TPSA) is 94.3 Å². The standard InChI is InChI=1S/C15H25N3O3S/c1-3-11(4-2)13-10-12(7-9-21-13)18-15-14(22(16,19)20)6-5-8-17-15/h5-6,8,11-13H,3-4,7,9-10H2,1-2H3,(H,17,18)(H2,16,19,20). The van der Waals surface area contributed by atoms with Crippen LogP contribution < -0.4 is 10.5 Å². The minimum atomic E-state index is -3.78. The Morgan fingerprint density at radius 2 is 2.18 bits per heavy atom. The van der Waals surface area contributed by atoms with Crippen LogP contribution in [0.25, 0.3) is 0 Å². The molecule has 0 radical (unpaired) electrons. The second kappa shape index (κ2) is 7.39. The van der Waals surface area contributed by atoms with Crippen LogP contribution in [0.5, 0.6) is 0 Å². The molecule has 0 saturated carbocycles. The van der Waals surface area contributed by atoms with E-state index in [1.165, 1.54) is 6.07 Å². The molecule has 0 bridgehead atoms. The first kappa shape index (κ1) is 17.2. The molecule has 2 atom stereocenters. The number of sulfonamides is 1. The number of anilines is 1. The molecule has 0 amide bonds. The van der Waals surface area contributed by atoms with Gasteiger partial charge in [-0.1, -0.05) is 26.7 Å². The maximum absolute atomic E-state index is 11.6. The summed E-state index contributed by atoms with van der Waals surface area (Å²) in [5.41, 5.74) is 0. The zero-order valence-electron chi connectivity index (χ0n) is 13.2. The number of hydrogen-bond acceptors (Lipinski definition) is 5. The Hall–Kier alpha value is -1.18. The predicted molar refractivity (Wildman–Crippen MR) is 86.1 cm³/mol. The molecule has 1 fully saturated rings. The van der Waals surface area contributed by atoms with Gasteiger partial charge in [0.2, 0.25) is 10.0 Å². The lowest BCUT2D eigenvalue weighted by Crippen LogP contribution is -2.38. The summed E-state index contributed by atoms with van der Waals surface area (Å²) in [6.07, 6.45) is 5.63. The maximum Gasteiger partial charge on any atom is 0.241 e. The van der Waals surface area contributed by atoms with E-state index < -0.39 is 10.0 Å². The van der Waals surface area contributed by atoms with Gasteiger partial charge >= 0.3 is 0 Å². The van der Waals surface area contributed by atoms with Gasteiger partial charge in [-0.25, -0.2) is 18.5 Å². The fourth-order valence-corrected chi connectivity index (χ4v) is 3.67. The van der Waals surface area contributed by atoms with Gasteiger partial charge in [0.25, 0.3) is 0 Å². The molecule has 22 heavy (non-hydrogen) atoms. The number of nitrogens with one attached hydrogen (secondary N) is 1. The summed E-state index contributed by atoms with van der Waals surface area (Å²) in [4.78, 5) is 4.18. The monoisotopic (exact) mass is 327 g/mol. The van der Waals surface area contributed by atoms with E-state index in [1.807, 2.05) is 0 Å². The van der Waals surface area contributed by atoms with E-state index in [0.29, 0.717) is 18.3 Å². The molecule has 6 nitrogen and oxygen atoms in total. The lowest BCUT2D eigenvalue weighted by atomic mass is 9.89. The van der Waals surface area contributed by atoms with Crippen molar-refractivity contribution in [3.8, 4) is 0 Å². The van der Waals surface area contributed by atoms with Crippen molar-refractivity contribution in [1.29, 1.82) is 0 Å². The van der Waals surface area contributed by atoms with Gasteiger partial charge < -0.3 is 10.1 Å². The van der Waals surface area contributed by atoms with E-state index in [2.05, 4.69) is 24.1 Å². The third kappa shape index (κ3) is 4.18. The summed E-state index contributed by atoms with van der Waals surface area (Å²) < 4.78 is 29.2. The molecule has 7 heteroatoms. The Labute approximate surface area is 132 Å². The zero-order chi connectivity index (χ0) is 16.2. The first-order valence-electron chi connectivity index (χ1n) is 7.81. The number of ether oxygens (including phenoxy) is 1. The van der Waals surface area contributed by atoms with Crippen molar-refractivity contribution in [3.63, 3.8) is 0 Å². The molecule has 0 aromatic carbocycles. The fourth-order valence-electron chi connectivity index (χ4n) is 3.02. The summed E-state index contributed by atoms with van der Waals surface area (Å²) in [6, 6.07) is 3.19. The van der Waals surface area contributed by atoms with Crippen molar-refractivity contribution in [3.05, 3.63) is 18.3 Å². The number of nitrogens with two attached hydrogens (primary N) is 1. The van der Waals surface area contributed by atoms with Crippen LogP contribution in [-0.4, -0.2) is 32.2 Å². The van der Waals surface area contributed by atoms with Crippen molar-refractivity contribution in [2.24, 2.45) is 11.1 Å². The lowest BCUT2D eigenvalue weighted by molar-refractivity contribution is -0.0271.